The lowest BCUT2D eigenvalue weighted by Gasteiger charge is -2.13. The van der Waals surface area contributed by atoms with E-state index in [2.05, 4.69) is 5.32 Å². The van der Waals surface area contributed by atoms with Crippen LogP contribution < -0.4 is 5.32 Å². The Kier molecular flexibility index (Phi) is 5.21. The first-order chi connectivity index (χ1) is 11.0. The number of nitrogens with zero attached hydrogens (tertiary/aromatic N) is 1. The highest BCUT2D eigenvalue weighted by molar-refractivity contribution is 6.01. The second-order valence-electron chi connectivity index (χ2n) is 4.95. The molecule has 3 nitrogen and oxygen atoms in total. The SMILES string of the molecule is C[C@@H](NC(=O)/C(C#N)=C/c1ccc(F)c(F)c1)c1ccccc1. The van der Waals surface area contributed by atoms with E-state index in [1.807, 2.05) is 30.3 Å². The van der Waals surface area contributed by atoms with E-state index >= 15 is 0 Å². The predicted molar refractivity (Wildman–Crippen MR) is 82.9 cm³/mol. The molecule has 23 heavy (non-hydrogen) atoms. The number of halogens is 2. The first-order valence-electron chi connectivity index (χ1n) is 6.94. The summed E-state index contributed by atoms with van der Waals surface area (Å²) in [4.78, 5) is 12.1. The first kappa shape index (κ1) is 16.4. The molecule has 0 spiro atoms. The van der Waals surface area contributed by atoms with E-state index in [0.717, 1.165) is 17.7 Å². The largest absolute Gasteiger partial charge is 0.345 e. The summed E-state index contributed by atoms with van der Waals surface area (Å²) < 4.78 is 26.1. The van der Waals surface area contributed by atoms with Crippen LogP contribution in [0.15, 0.2) is 54.1 Å². The minimum absolute atomic E-state index is 0.182. The maximum atomic E-state index is 13.2. The van der Waals surface area contributed by atoms with Gasteiger partial charge in [0.25, 0.3) is 5.91 Å². The molecule has 0 saturated carbocycles. The summed E-state index contributed by atoms with van der Waals surface area (Å²) in [6.07, 6.45) is 1.22. The monoisotopic (exact) mass is 312 g/mol. The van der Waals surface area contributed by atoms with Crippen LogP contribution in [-0.4, -0.2) is 5.91 Å². The maximum Gasteiger partial charge on any atom is 0.262 e. The molecule has 1 atom stereocenters. The molecule has 0 bridgehead atoms. The Morgan fingerprint density at radius 1 is 1.17 bits per heavy atom. The molecule has 2 aromatic carbocycles. The molecule has 0 aromatic heterocycles. The Bertz CT molecular complexity index is 779. The minimum atomic E-state index is -1.03. The van der Waals surface area contributed by atoms with Crippen molar-refractivity contribution < 1.29 is 13.6 Å². The molecule has 0 aliphatic carbocycles. The molecule has 1 N–H and O–H groups in total. The number of nitriles is 1. The van der Waals surface area contributed by atoms with E-state index < -0.39 is 17.5 Å². The van der Waals surface area contributed by atoms with Crippen LogP contribution in [0.4, 0.5) is 8.78 Å². The molecule has 1 amide bonds. The summed E-state index contributed by atoms with van der Waals surface area (Å²) in [6.45, 7) is 1.79. The summed E-state index contributed by atoms with van der Waals surface area (Å²) in [5.41, 5.74) is 0.952. The van der Waals surface area contributed by atoms with E-state index in [9.17, 15) is 13.6 Å². The Labute approximate surface area is 132 Å². The maximum absolute atomic E-state index is 13.2. The van der Waals surface area contributed by atoms with Crippen LogP contribution in [0.3, 0.4) is 0 Å². The Balaban J connectivity index is 2.17. The standard InChI is InChI=1S/C18H14F2N2O/c1-12(14-5-3-2-4-6-14)22-18(23)15(11-21)9-13-7-8-16(19)17(20)10-13/h2-10,12H,1H3,(H,22,23)/b15-9+/t12-/m1/s1. The van der Waals surface area contributed by atoms with Gasteiger partial charge >= 0.3 is 0 Å². The van der Waals surface area contributed by atoms with Crippen molar-refractivity contribution in [3.8, 4) is 6.07 Å². The zero-order valence-electron chi connectivity index (χ0n) is 12.4. The fourth-order valence-corrected chi connectivity index (χ4v) is 2.02. The zero-order chi connectivity index (χ0) is 16.8. The molecule has 0 heterocycles. The second-order valence-corrected chi connectivity index (χ2v) is 4.95. The van der Waals surface area contributed by atoms with Gasteiger partial charge in [-0.3, -0.25) is 4.79 Å². The molecule has 2 aromatic rings. The number of nitrogens with one attached hydrogen (secondary N) is 1. The average molecular weight is 312 g/mol. The van der Waals surface area contributed by atoms with Gasteiger partial charge < -0.3 is 5.32 Å². The van der Waals surface area contributed by atoms with Crippen LogP contribution >= 0.6 is 0 Å². The zero-order valence-corrected chi connectivity index (χ0v) is 12.4. The lowest BCUT2D eigenvalue weighted by Crippen LogP contribution is -2.27. The number of rotatable bonds is 4. The van der Waals surface area contributed by atoms with Gasteiger partial charge in [-0.15, -0.1) is 0 Å². The van der Waals surface area contributed by atoms with Crippen LogP contribution in [0.2, 0.25) is 0 Å². The van der Waals surface area contributed by atoms with E-state index in [4.69, 9.17) is 5.26 Å². The topological polar surface area (TPSA) is 52.9 Å². The van der Waals surface area contributed by atoms with Crippen LogP contribution in [0.25, 0.3) is 6.08 Å². The normalized spacial score (nSPS) is 12.3. The fraction of sp³-hybridized carbons (Fsp3) is 0.111. The second kappa shape index (κ2) is 7.32. The van der Waals surface area contributed by atoms with Crippen molar-refractivity contribution in [2.75, 3.05) is 0 Å². The Morgan fingerprint density at radius 3 is 2.48 bits per heavy atom. The van der Waals surface area contributed by atoms with Gasteiger partial charge in [-0.05, 0) is 36.3 Å². The fourth-order valence-electron chi connectivity index (χ4n) is 2.02. The quantitative estimate of drug-likeness (QED) is 0.690. The van der Waals surface area contributed by atoms with Gasteiger partial charge in [-0.25, -0.2) is 8.78 Å². The third kappa shape index (κ3) is 4.24. The first-order valence-corrected chi connectivity index (χ1v) is 6.94. The number of hydrogen-bond donors (Lipinski definition) is 1. The van der Waals surface area contributed by atoms with Crippen LogP contribution in [0, 0.1) is 23.0 Å². The summed E-state index contributed by atoms with van der Waals surface area (Å²) in [5.74, 6) is -2.59. The number of amides is 1. The number of carbonyl (C=O) groups is 1. The summed E-state index contributed by atoms with van der Waals surface area (Å²) in [7, 11) is 0. The van der Waals surface area contributed by atoms with Crippen LogP contribution in [-0.2, 0) is 4.79 Å². The van der Waals surface area contributed by atoms with E-state index in [0.29, 0.717) is 0 Å². The van der Waals surface area contributed by atoms with Crippen molar-refractivity contribution in [1.82, 2.24) is 5.32 Å². The summed E-state index contributed by atoms with van der Waals surface area (Å²) in [6, 6.07) is 13.9. The highest BCUT2D eigenvalue weighted by Crippen LogP contribution is 2.15. The summed E-state index contributed by atoms with van der Waals surface area (Å²) in [5, 5.41) is 11.8. The van der Waals surface area contributed by atoms with Gasteiger partial charge in [0, 0.05) is 0 Å². The third-order valence-corrected chi connectivity index (χ3v) is 3.27. The van der Waals surface area contributed by atoms with Crippen LogP contribution in [0.1, 0.15) is 24.1 Å². The molecule has 116 valence electrons. The predicted octanol–water partition coefficient (Wildman–Crippen LogP) is 3.75. The number of carbonyl (C=O) groups excluding carboxylic acids is 1. The van der Waals surface area contributed by atoms with Crippen molar-refractivity contribution in [3.63, 3.8) is 0 Å². The number of hydrogen-bond acceptors (Lipinski definition) is 2. The van der Waals surface area contributed by atoms with Gasteiger partial charge in [0.2, 0.25) is 0 Å². The van der Waals surface area contributed by atoms with E-state index in [-0.39, 0.29) is 17.2 Å². The van der Waals surface area contributed by atoms with E-state index in [1.54, 1.807) is 13.0 Å². The molecular formula is C18H14F2N2O. The average Bonchev–Trinajstić information content (AvgIpc) is 2.56. The highest BCUT2D eigenvalue weighted by atomic mass is 19.2. The van der Waals surface area contributed by atoms with Crippen molar-refractivity contribution in [2.45, 2.75) is 13.0 Å². The molecular weight excluding hydrogens is 298 g/mol. The molecule has 5 heteroatoms. The Hall–Kier alpha value is -3.00. The van der Waals surface area contributed by atoms with E-state index in [1.165, 1.54) is 12.1 Å². The lowest BCUT2D eigenvalue weighted by molar-refractivity contribution is -0.117. The van der Waals surface area contributed by atoms with Gasteiger partial charge in [-0.1, -0.05) is 36.4 Å². The molecule has 0 fully saturated rings. The van der Waals surface area contributed by atoms with Crippen molar-refractivity contribution in [1.29, 1.82) is 5.26 Å². The van der Waals surface area contributed by atoms with Gasteiger partial charge in [0.1, 0.15) is 11.6 Å². The molecule has 0 radical (unpaired) electrons. The van der Waals surface area contributed by atoms with Crippen LogP contribution in [0.5, 0.6) is 0 Å². The molecule has 0 aliphatic rings. The van der Waals surface area contributed by atoms with Gasteiger partial charge in [0.15, 0.2) is 11.6 Å². The molecule has 0 aliphatic heterocycles. The van der Waals surface area contributed by atoms with Crippen molar-refractivity contribution in [2.24, 2.45) is 0 Å². The lowest BCUT2D eigenvalue weighted by atomic mass is 10.1. The van der Waals surface area contributed by atoms with Crippen molar-refractivity contribution >= 4 is 12.0 Å². The van der Waals surface area contributed by atoms with Gasteiger partial charge in [0.05, 0.1) is 6.04 Å². The summed E-state index contributed by atoms with van der Waals surface area (Å²) >= 11 is 0. The minimum Gasteiger partial charge on any atom is -0.345 e. The molecule has 0 unspecified atom stereocenters. The molecule has 2 rings (SSSR count). The Morgan fingerprint density at radius 2 is 1.87 bits per heavy atom. The smallest absolute Gasteiger partial charge is 0.262 e. The third-order valence-electron chi connectivity index (χ3n) is 3.27. The number of benzene rings is 2. The van der Waals surface area contributed by atoms with Crippen molar-refractivity contribution in [3.05, 3.63) is 76.9 Å². The van der Waals surface area contributed by atoms with Gasteiger partial charge in [-0.2, -0.15) is 5.26 Å². The highest BCUT2D eigenvalue weighted by Gasteiger charge is 2.14. The molecule has 0 saturated heterocycles.